The molecule has 0 spiro atoms. The van der Waals surface area contributed by atoms with Gasteiger partial charge in [-0.05, 0) is 54.1 Å². The lowest BCUT2D eigenvalue weighted by Crippen LogP contribution is -2.23. The molecule has 0 atom stereocenters. The third kappa shape index (κ3) is 3.27. The Kier molecular flexibility index (Phi) is 4.32. The highest BCUT2D eigenvalue weighted by Crippen LogP contribution is 2.20. The lowest BCUT2D eigenvalue weighted by molar-refractivity contribution is 0.581. The summed E-state index contributed by atoms with van der Waals surface area (Å²) in [6.07, 6.45) is 2.02. The summed E-state index contributed by atoms with van der Waals surface area (Å²) in [6, 6.07) is 27.2. The Hall–Kier alpha value is -2.89. The van der Waals surface area contributed by atoms with Gasteiger partial charge in [0.15, 0.2) is 0 Å². The number of hydrogen-bond donors (Lipinski definition) is 1. The molecule has 0 aliphatic rings. The van der Waals surface area contributed by atoms with Crippen molar-refractivity contribution in [3.63, 3.8) is 0 Å². The van der Waals surface area contributed by atoms with E-state index in [1.54, 1.807) is 30.3 Å². The van der Waals surface area contributed by atoms with Gasteiger partial charge in [-0.1, -0.05) is 36.4 Å². The highest BCUT2D eigenvalue weighted by Gasteiger charge is 2.12. The number of aromatic nitrogens is 1. The minimum Gasteiger partial charge on any atom is -0.317 e. The summed E-state index contributed by atoms with van der Waals surface area (Å²) in [6.45, 7) is 0.249. The average Bonchev–Trinajstić information content (AvgIpc) is 3.12. The van der Waals surface area contributed by atoms with Crippen LogP contribution in [-0.2, 0) is 16.6 Å². The molecule has 0 amide bonds. The molecule has 4 nitrogen and oxygen atoms in total. The molecule has 0 bridgehead atoms. The van der Waals surface area contributed by atoms with E-state index in [1.807, 2.05) is 54.7 Å². The molecule has 1 radical (unpaired) electrons. The quantitative estimate of drug-likeness (QED) is 0.586. The van der Waals surface area contributed by atoms with Crippen molar-refractivity contribution in [3.8, 4) is 5.69 Å². The van der Waals surface area contributed by atoms with Gasteiger partial charge in [-0.3, -0.25) is 0 Å². The van der Waals surface area contributed by atoms with E-state index in [2.05, 4.69) is 15.4 Å². The van der Waals surface area contributed by atoms with Crippen LogP contribution in [0.4, 0.5) is 0 Å². The van der Waals surface area contributed by atoms with E-state index in [9.17, 15) is 8.42 Å². The van der Waals surface area contributed by atoms with E-state index < -0.39 is 10.0 Å². The van der Waals surface area contributed by atoms with E-state index >= 15 is 0 Å². The van der Waals surface area contributed by atoms with Crippen LogP contribution in [-0.4, -0.2) is 13.0 Å². The molecule has 26 heavy (non-hydrogen) atoms. The van der Waals surface area contributed by atoms with Gasteiger partial charge in [-0.15, -0.1) is 0 Å². The number of fused-ring (bicyclic) bond motifs is 1. The Morgan fingerprint density at radius 2 is 1.69 bits per heavy atom. The molecule has 0 aliphatic carbocycles. The Morgan fingerprint density at radius 3 is 2.46 bits per heavy atom. The Labute approximate surface area is 152 Å². The van der Waals surface area contributed by atoms with Crippen LogP contribution < -0.4 is 4.72 Å². The van der Waals surface area contributed by atoms with Crippen LogP contribution in [0.5, 0.6) is 0 Å². The van der Waals surface area contributed by atoms with Crippen molar-refractivity contribution < 1.29 is 8.42 Å². The van der Waals surface area contributed by atoms with Crippen LogP contribution >= 0.6 is 0 Å². The van der Waals surface area contributed by atoms with Gasteiger partial charge in [0.2, 0.25) is 10.0 Å². The molecule has 0 unspecified atom stereocenters. The molecule has 4 rings (SSSR count). The van der Waals surface area contributed by atoms with E-state index in [0.29, 0.717) is 0 Å². The van der Waals surface area contributed by atoms with Crippen molar-refractivity contribution in [2.24, 2.45) is 0 Å². The fraction of sp³-hybridized carbons (Fsp3) is 0.0476. The second-order valence-corrected chi connectivity index (χ2v) is 7.74. The predicted molar refractivity (Wildman–Crippen MR) is 103 cm³/mol. The minimum atomic E-state index is -3.50. The van der Waals surface area contributed by atoms with Crippen LogP contribution in [0.2, 0.25) is 0 Å². The molecular formula is C21H17N2O2S. The van der Waals surface area contributed by atoms with Gasteiger partial charge in [0, 0.05) is 23.8 Å². The first kappa shape index (κ1) is 16.6. The summed E-state index contributed by atoms with van der Waals surface area (Å²) < 4.78 is 29.3. The lowest BCUT2D eigenvalue weighted by atomic mass is 10.2. The number of nitrogens with one attached hydrogen (secondary N) is 1. The monoisotopic (exact) mass is 361 g/mol. The second-order valence-electron chi connectivity index (χ2n) is 5.97. The van der Waals surface area contributed by atoms with Crippen LogP contribution in [0.3, 0.4) is 0 Å². The average molecular weight is 361 g/mol. The smallest absolute Gasteiger partial charge is 0.240 e. The molecular weight excluding hydrogens is 344 g/mol. The van der Waals surface area contributed by atoms with Gasteiger partial charge < -0.3 is 4.57 Å². The van der Waals surface area contributed by atoms with Gasteiger partial charge in [-0.25, -0.2) is 13.1 Å². The molecule has 0 aliphatic heterocycles. The first-order chi connectivity index (χ1) is 12.6. The molecule has 0 saturated heterocycles. The van der Waals surface area contributed by atoms with Crippen LogP contribution in [0.15, 0.2) is 90.0 Å². The standard InChI is InChI=1S/C21H17N2O2S/c24-26(25,20-7-2-1-3-8-20)22-16-17-10-12-19(13-11-17)23-15-14-18-6-4-5-9-21(18)23/h1-3,5-15,22H,16H2. The summed E-state index contributed by atoms with van der Waals surface area (Å²) in [5.41, 5.74) is 3.04. The molecule has 0 fully saturated rings. The van der Waals surface area contributed by atoms with Crippen molar-refractivity contribution in [2.75, 3.05) is 0 Å². The number of nitrogens with zero attached hydrogens (tertiary/aromatic N) is 1. The summed E-state index contributed by atoms with van der Waals surface area (Å²) in [4.78, 5) is 0.271. The third-order valence-electron chi connectivity index (χ3n) is 4.27. The Balaban J connectivity index is 1.52. The molecule has 3 aromatic carbocycles. The number of sulfonamides is 1. The topological polar surface area (TPSA) is 51.1 Å². The number of benzene rings is 3. The van der Waals surface area contributed by atoms with Gasteiger partial charge in [-0.2, -0.15) is 0 Å². The highest BCUT2D eigenvalue weighted by atomic mass is 32.2. The molecule has 1 aromatic heterocycles. The van der Waals surface area contributed by atoms with Crippen molar-refractivity contribution in [1.82, 2.24) is 9.29 Å². The van der Waals surface area contributed by atoms with E-state index in [1.165, 1.54) is 0 Å². The maximum Gasteiger partial charge on any atom is 0.240 e. The van der Waals surface area contributed by atoms with E-state index in [4.69, 9.17) is 0 Å². The molecule has 0 saturated carbocycles. The molecule has 1 N–H and O–H groups in total. The fourth-order valence-corrected chi connectivity index (χ4v) is 3.92. The zero-order valence-electron chi connectivity index (χ0n) is 14.0. The minimum absolute atomic E-state index is 0.249. The first-order valence-corrected chi connectivity index (χ1v) is 9.73. The summed E-state index contributed by atoms with van der Waals surface area (Å²) in [7, 11) is -3.50. The first-order valence-electron chi connectivity index (χ1n) is 8.25. The van der Waals surface area contributed by atoms with Gasteiger partial charge in [0.1, 0.15) is 0 Å². The van der Waals surface area contributed by atoms with Crippen molar-refractivity contribution >= 4 is 20.9 Å². The van der Waals surface area contributed by atoms with Gasteiger partial charge in [0.25, 0.3) is 0 Å². The van der Waals surface area contributed by atoms with Gasteiger partial charge >= 0.3 is 0 Å². The van der Waals surface area contributed by atoms with Crippen molar-refractivity contribution in [1.29, 1.82) is 0 Å². The van der Waals surface area contributed by atoms with Crippen molar-refractivity contribution in [3.05, 3.63) is 96.7 Å². The lowest BCUT2D eigenvalue weighted by Gasteiger charge is -2.09. The third-order valence-corrected chi connectivity index (χ3v) is 5.69. The normalized spacial score (nSPS) is 11.7. The fourth-order valence-electron chi connectivity index (χ4n) is 2.88. The van der Waals surface area contributed by atoms with E-state index in [0.717, 1.165) is 22.2 Å². The number of rotatable bonds is 5. The summed E-state index contributed by atoms with van der Waals surface area (Å²) >= 11 is 0. The van der Waals surface area contributed by atoms with Crippen LogP contribution in [0.1, 0.15) is 5.56 Å². The van der Waals surface area contributed by atoms with E-state index in [-0.39, 0.29) is 11.4 Å². The maximum atomic E-state index is 12.3. The molecule has 4 aromatic rings. The SMILES string of the molecule is O=S(=O)(NCc1ccc(-n2ccc3c[c]ccc32)cc1)c1ccccc1. The van der Waals surface area contributed by atoms with Gasteiger partial charge in [0.05, 0.1) is 10.4 Å². The Morgan fingerprint density at radius 1 is 0.923 bits per heavy atom. The molecule has 1 heterocycles. The zero-order valence-corrected chi connectivity index (χ0v) is 14.8. The predicted octanol–water partition coefficient (Wildman–Crippen LogP) is 3.91. The summed E-state index contributed by atoms with van der Waals surface area (Å²) in [5.74, 6) is 0. The van der Waals surface area contributed by atoms with Crippen molar-refractivity contribution in [2.45, 2.75) is 11.4 Å². The molecule has 5 heteroatoms. The number of hydrogen-bond acceptors (Lipinski definition) is 2. The van der Waals surface area contributed by atoms with Crippen LogP contribution in [0, 0.1) is 6.07 Å². The van der Waals surface area contributed by atoms with Crippen LogP contribution in [0.25, 0.3) is 16.6 Å². The Bertz CT molecular complexity index is 1130. The highest BCUT2D eigenvalue weighted by molar-refractivity contribution is 7.89. The molecule has 129 valence electrons. The zero-order chi connectivity index (χ0) is 18.0. The maximum absolute atomic E-state index is 12.3. The summed E-state index contributed by atoms with van der Waals surface area (Å²) in [5, 5.41) is 1.13. The largest absolute Gasteiger partial charge is 0.317 e. The second kappa shape index (κ2) is 6.78.